The minimum absolute atomic E-state index is 0.358. The summed E-state index contributed by atoms with van der Waals surface area (Å²) in [6.45, 7) is 3.13. The van der Waals surface area contributed by atoms with E-state index >= 15 is 0 Å². The molecule has 0 unspecified atom stereocenters. The summed E-state index contributed by atoms with van der Waals surface area (Å²) >= 11 is 0. The lowest BCUT2D eigenvalue weighted by atomic mass is 10.1. The van der Waals surface area contributed by atoms with Crippen molar-refractivity contribution in [3.63, 3.8) is 0 Å². The average molecular weight is 422 g/mol. The number of alkyl halides is 3. The Morgan fingerprint density at radius 3 is 2.18 bits per heavy atom. The summed E-state index contributed by atoms with van der Waals surface area (Å²) in [5.74, 6) is -3.84. The van der Waals surface area contributed by atoms with Crippen LogP contribution in [0.4, 0.5) is 27.6 Å². The predicted molar refractivity (Wildman–Crippen MR) is 91.2 cm³/mol. The van der Waals surface area contributed by atoms with Gasteiger partial charge in [0.25, 0.3) is 5.91 Å². The molecule has 0 saturated carbocycles. The third-order valence-electron chi connectivity index (χ3n) is 3.42. The second-order valence-corrected chi connectivity index (χ2v) is 7.78. The van der Waals surface area contributed by atoms with Gasteiger partial charge in [-0.15, -0.1) is 0 Å². The summed E-state index contributed by atoms with van der Waals surface area (Å²) in [4.78, 5) is 11.8. The molecule has 0 spiro atoms. The molecule has 0 heterocycles. The van der Waals surface area contributed by atoms with E-state index in [-0.39, 0.29) is 10.6 Å². The van der Waals surface area contributed by atoms with Crippen molar-refractivity contribution in [2.45, 2.75) is 31.0 Å². The number of carbonyl (C=O) groups is 1. The normalized spacial score (nSPS) is 12.3. The molecule has 0 aromatic heterocycles. The van der Waals surface area contributed by atoms with Gasteiger partial charge in [0.05, 0.1) is 16.0 Å². The highest BCUT2D eigenvalue weighted by Gasteiger charge is 2.34. The number of rotatable bonds is 5. The van der Waals surface area contributed by atoms with Crippen molar-refractivity contribution in [3.05, 3.63) is 59.2 Å². The first-order valence-corrected chi connectivity index (χ1v) is 9.29. The van der Waals surface area contributed by atoms with E-state index in [1.807, 2.05) is 5.32 Å². The SMILES string of the molecule is CC(C)NS(=O)(=O)c1ccc(F)c(C(=O)Nc2ccc(C(F)(F)F)c(F)c2)c1. The minimum atomic E-state index is -4.91. The highest BCUT2D eigenvalue weighted by molar-refractivity contribution is 7.89. The molecule has 0 aliphatic carbocycles. The number of halogens is 5. The van der Waals surface area contributed by atoms with Crippen LogP contribution in [0, 0.1) is 11.6 Å². The van der Waals surface area contributed by atoms with Gasteiger partial charge < -0.3 is 5.32 Å². The van der Waals surface area contributed by atoms with Gasteiger partial charge in [0, 0.05) is 11.7 Å². The smallest absolute Gasteiger partial charge is 0.322 e. The maximum absolute atomic E-state index is 14.0. The number of amides is 1. The molecule has 2 aromatic rings. The van der Waals surface area contributed by atoms with Crippen molar-refractivity contribution in [2.24, 2.45) is 0 Å². The van der Waals surface area contributed by atoms with Crippen molar-refractivity contribution >= 4 is 21.6 Å². The molecular weight excluding hydrogens is 407 g/mol. The lowest BCUT2D eigenvalue weighted by Crippen LogP contribution is -2.30. The van der Waals surface area contributed by atoms with E-state index in [0.29, 0.717) is 12.1 Å². The Morgan fingerprint density at radius 2 is 1.64 bits per heavy atom. The van der Waals surface area contributed by atoms with E-state index < -0.39 is 50.9 Å². The van der Waals surface area contributed by atoms with E-state index in [1.54, 1.807) is 13.8 Å². The summed E-state index contributed by atoms with van der Waals surface area (Å²) in [5, 5.41) is 2.04. The minimum Gasteiger partial charge on any atom is -0.322 e. The molecular formula is C17H15F5N2O3S. The van der Waals surface area contributed by atoms with Crippen LogP contribution in [0.25, 0.3) is 0 Å². The maximum atomic E-state index is 14.0. The van der Waals surface area contributed by atoms with Crippen LogP contribution in [-0.4, -0.2) is 20.4 Å². The standard InChI is InChI=1S/C17H15F5N2O3S/c1-9(2)24-28(26,27)11-4-6-14(18)12(8-11)16(25)23-10-3-5-13(15(19)7-10)17(20,21)22/h3-9,24H,1-2H3,(H,23,25). The largest absolute Gasteiger partial charge is 0.419 e. The Morgan fingerprint density at radius 1 is 1.00 bits per heavy atom. The van der Waals surface area contributed by atoms with Crippen molar-refractivity contribution in [3.8, 4) is 0 Å². The zero-order valence-corrected chi connectivity index (χ0v) is 15.4. The lowest BCUT2D eigenvalue weighted by Gasteiger charge is -2.12. The van der Waals surface area contributed by atoms with Gasteiger partial charge in [-0.2, -0.15) is 13.2 Å². The fourth-order valence-corrected chi connectivity index (χ4v) is 3.52. The number of hydrogen-bond donors (Lipinski definition) is 2. The Hall–Kier alpha value is -2.53. The van der Waals surface area contributed by atoms with Crippen molar-refractivity contribution in [2.75, 3.05) is 5.32 Å². The van der Waals surface area contributed by atoms with Crippen LogP contribution in [0.15, 0.2) is 41.3 Å². The summed E-state index contributed by atoms with van der Waals surface area (Å²) in [5.41, 5.74) is -2.56. The van der Waals surface area contributed by atoms with Gasteiger partial charge in [0.2, 0.25) is 10.0 Å². The first kappa shape index (κ1) is 21.8. The Balaban J connectivity index is 2.32. The fourth-order valence-electron chi connectivity index (χ4n) is 2.25. The van der Waals surface area contributed by atoms with E-state index in [9.17, 15) is 35.2 Å². The number of sulfonamides is 1. The van der Waals surface area contributed by atoms with Crippen LogP contribution in [0.1, 0.15) is 29.8 Å². The second kappa shape index (κ2) is 7.84. The molecule has 5 nitrogen and oxygen atoms in total. The van der Waals surface area contributed by atoms with Gasteiger partial charge in [0.1, 0.15) is 11.6 Å². The zero-order valence-electron chi connectivity index (χ0n) is 14.6. The topological polar surface area (TPSA) is 75.3 Å². The van der Waals surface area contributed by atoms with Crippen molar-refractivity contribution in [1.29, 1.82) is 0 Å². The molecule has 28 heavy (non-hydrogen) atoms. The number of nitrogens with one attached hydrogen (secondary N) is 2. The summed E-state index contributed by atoms with van der Waals surface area (Å²) in [6, 6.07) is 3.68. The molecule has 0 saturated heterocycles. The molecule has 2 aromatic carbocycles. The van der Waals surface area contributed by atoms with Crippen LogP contribution in [0.5, 0.6) is 0 Å². The monoisotopic (exact) mass is 422 g/mol. The highest BCUT2D eigenvalue weighted by Crippen LogP contribution is 2.32. The molecule has 1 amide bonds. The van der Waals surface area contributed by atoms with Crippen LogP contribution >= 0.6 is 0 Å². The molecule has 0 aliphatic heterocycles. The van der Waals surface area contributed by atoms with Gasteiger partial charge in [-0.3, -0.25) is 4.79 Å². The van der Waals surface area contributed by atoms with Crippen LogP contribution in [0.2, 0.25) is 0 Å². The number of anilines is 1. The van der Waals surface area contributed by atoms with E-state index in [0.717, 1.165) is 24.3 Å². The Kier molecular flexibility index (Phi) is 6.09. The average Bonchev–Trinajstić information content (AvgIpc) is 2.52. The third kappa shape index (κ3) is 5.04. The first-order valence-electron chi connectivity index (χ1n) is 7.81. The molecule has 2 N–H and O–H groups in total. The lowest BCUT2D eigenvalue weighted by molar-refractivity contribution is -0.139. The van der Waals surface area contributed by atoms with E-state index in [1.165, 1.54) is 0 Å². The zero-order chi connectivity index (χ0) is 21.3. The Bertz CT molecular complexity index is 1000. The summed E-state index contributed by atoms with van der Waals surface area (Å²) in [7, 11) is -4.02. The number of benzene rings is 2. The fraction of sp³-hybridized carbons (Fsp3) is 0.235. The maximum Gasteiger partial charge on any atom is 0.419 e. The molecule has 0 radical (unpaired) electrons. The first-order chi connectivity index (χ1) is 12.8. The Labute approximate surface area is 157 Å². The van der Waals surface area contributed by atoms with Crippen LogP contribution in [0.3, 0.4) is 0 Å². The molecule has 0 fully saturated rings. The summed E-state index contributed by atoms with van der Waals surface area (Å²) < 4.78 is 91.8. The molecule has 2 rings (SSSR count). The number of carbonyl (C=O) groups excluding carboxylic acids is 1. The van der Waals surface area contributed by atoms with Gasteiger partial charge in [0.15, 0.2) is 0 Å². The van der Waals surface area contributed by atoms with E-state index in [2.05, 4.69) is 4.72 Å². The molecule has 0 bridgehead atoms. The highest BCUT2D eigenvalue weighted by atomic mass is 32.2. The van der Waals surface area contributed by atoms with Gasteiger partial charge in [-0.1, -0.05) is 0 Å². The van der Waals surface area contributed by atoms with Gasteiger partial charge >= 0.3 is 6.18 Å². The van der Waals surface area contributed by atoms with Crippen LogP contribution < -0.4 is 10.0 Å². The van der Waals surface area contributed by atoms with E-state index in [4.69, 9.17) is 0 Å². The molecule has 152 valence electrons. The quantitative estimate of drug-likeness (QED) is 0.718. The third-order valence-corrected chi connectivity index (χ3v) is 5.07. The van der Waals surface area contributed by atoms with Gasteiger partial charge in [-0.05, 0) is 50.2 Å². The summed E-state index contributed by atoms with van der Waals surface area (Å²) in [6.07, 6.45) is -4.91. The van der Waals surface area contributed by atoms with Crippen molar-refractivity contribution in [1.82, 2.24) is 4.72 Å². The predicted octanol–water partition coefficient (Wildman–Crippen LogP) is 3.92. The van der Waals surface area contributed by atoms with Crippen LogP contribution in [-0.2, 0) is 16.2 Å². The molecule has 0 atom stereocenters. The van der Waals surface area contributed by atoms with Gasteiger partial charge in [-0.25, -0.2) is 21.9 Å². The van der Waals surface area contributed by atoms with Crippen molar-refractivity contribution < 1.29 is 35.2 Å². The number of hydrogen-bond acceptors (Lipinski definition) is 3. The second-order valence-electron chi connectivity index (χ2n) is 6.06. The molecule has 0 aliphatic rings. The molecule has 11 heteroatoms.